The van der Waals surface area contributed by atoms with Crippen molar-refractivity contribution < 1.29 is 34.8 Å². The second kappa shape index (κ2) is 12.6. The minimum atomic E-state index is -1.26. The van der Waals surface area contributed by atoms with Gasteiger partial charge in [0.2, 0.25) is 0 Å². The molecule has 0 aliphatic carbocycles. The SMILES string of the molecule is O=C(O)/C=C\C(=O)O.OCCOCCO. The summed E-state index contributed by atoms with van der Waals surface area (Å²) < 4.78 is 4.63. The number of carboxylic acid groups (broad SMARTS) is 2. The number of rotatable bonds is 6. The van der Waals surface area contributed by atoms with E-state index < -0.39 is 11.9 Å². The maximum atomic E-state index is 9.55. The first-order valence-corrected chi connectivity index (χ1v) is 3.98. The summed E-state index contributed by atoms with van der Waals surface area (Å²) in [5.41, 5.74) is 0. The second-order valence-corrected chi connectivity index (χ2v) is 2.07. The highest BCUT2D eigenvalue weighted by Gasteiger charge is 1.88. The molecule has 15 heavy (non-hydrogen) atoms. The molecule has 4 N–H and O–H groups in total. The summed E-state index contributed by atoms with van der Waals surface area (Å²) in [6, 6.07) is 0. The molecule has 88 valence electrons. The Bertz CT molecular complexity index is 179. The van der Waals surface area contributed by atoms with E-state index in [1.807, 2.05) is 0 Å². The van der Waals surface area contributed by atoms with Crippen molar-refractivity contribution in [1.82, 2.24) is 0 Å². The Balaban J connectivity index is 0. The lowest BCUT2D eigenvalue weighted by Gasteiger charge is -1.94. The zero-order valence-electron chi connectivity index (χ0n) is 8.00. The topological polar surface area (TPSA) is 124 Å². The third-order valence-electron chi connectivity index (χ3n) is 0.840. The molecule has 0 spiro atoms. The van der Waals surface area contributed by atoms with Gasteiger partial charge in [0.25, 0.3) is 0 Å². The Hall–Kier alpha value is -1.44. The number of hydrogen-bond donors (Lipinski definition) is 4. The van der Waals surface area contributed by atoms with Crippen molar-refractivity contribution in [3.8, 4) is 0 Å². The van der Waals surface area contributed by atoms with E-state index >= 15 is 0 Å². The van der Waals surface area contributed by atoms with Crippen LogP contribution >= 0.6 is 0 Å². The van der Waals surface area contributed by atoms with Crippen LogP contribution in [0.4, 0.5) is 0 Å². The number of aliphatic carboxylic acids is 2. The van der Waals surface area contributed by atoms with Gasteiger partial charge in [-0.25, -0.2) is 9.59 Å². The summed E-state index contributed by atoms with van der Waals surface area (Å²) in [4.78, 5) is 19.1. The van der Waals surface area contributed by atoms with E-state index in [1.54, 1.807) is 0 Å². The Kier molecular flexibility index (Phi) is 13.4. The molecule has 7 heteroatoms. The molecule has 0 bridgehead atoms. The average Bonchev–Trinajstić information content (AvgIpc) is 2.17. The van der Waals surface area contributed by atoms with Crippen LogP contribution in [0.2, 0.25) is 0 Å². The summed E-state index contributed by atoms with van der Waals surface area (Å²) in [6.07, 6.45) is 1.12. The van der Waals surface area contributed by atoms with Crippen molar-refractivity contribution >= 4 is 11.9 Å². The van der Waals surface area contributed by atoms with Crippen molar-refractivity contribution in [1.29, 1.82) is 0 Å². The van der Waals surface area contributed by atoms with E-state index in [2.05, 4.69) is 4.74 Å². The van der Waals surface area contributed by atoms with Gasteiger partial charge in [-0.2, -0.15) is 0 Å². The van der Waals surface area contributed by atoms with Gasteiger partial charge in [-0.15, -0.1) is 0 Å². The lowest BCUT2D eigenvalue weighted by molar-refractivity contribution is -0.134. The van der Waals surface area contributed by atoms with Crippen molar-refractivity contribution in [2.75, 3.05) is 26.4 Å². The van der Waals surface area contributed by atoms with Crippen molar-refractivity contribution in [3.63, 3.8) is 0 Å². The zero-order valence-corrected chi connectivity index (χ0v) is 8.00. The van der Waals surface area contributed by atoms with E-state index in [0.717, 1.165) is 0 Å². The predicted molar refractivity (Wildman–Crippen MR) is 49.4 cm³/mol. The second-order valence-electron chi connectivity index (χ2n) is 2.07. The first-order valence-electron chi connectivity index (χ1n) is 3.98. The van der Waals surface area contributed by atoms with Crippen molar-refractivity contribution in [2.24, 2.45) is 0 Å². The Morgan fingerprint density at radius 1 is 0.933 bits per heavy atom. The van der Waals surface area contributed by atoms with Crippen LogP contribution in [0.5, 0.6) is 0 Å². The minimum Gasteiger partial charge on any atom is -0.478 e. The summed E-state index contributed by atoms with van der Waals surface area (Å²) in [7, 11) is 0. The van der Waals surface area contributed by atoms with E-state index in [1.165, 1.54) is 0 Å². The van der Waals surface area contributed by atoms with Crippen molar-refractivity contribution in [2.45, 2.75) is 0 Å². The van der Waals surface area contributed by atoms with Crippen LogP contribution in [-0.4, -0.2) is 58.8 Å². The van der Waals surface area contributed by atoms with Gasteiger partial charge in [0.1, 0.15) is 0 Å². The van der Waals surface area contributed by atoms with Crippen LogP contribution in [0.25, 0.3) is 0 Å². The van der Waals surface area contributed by atoms with Crippen LogP contribution < -0.4 is 0 Å². The third kappa shape index (κ3) is 24.5. The highest BCUT2D eigenvalue weighted by Crippen LogP contribution is 1.70. The first-order chi connectivity index (χ1) is 7.04. The molecular formula is C8H14O7. The van der Waals surface area contributed by atoms with E-state index in [9.17, 15) is 9.59 Å². The van der Waals surface area contributed by atoms with Gasteiger partial charge in [-0.3, -0.25) is 0 Å². The molecule has 0 aromatic carbocycles. The smallest absolute Gasteiger partial charge is 0.328 e. The van der Waals surface area contributed by atoms with Gasteiger partial charge >= 0.3 is 11.9 Å². The molecule has 0 aromatic rings. The molecule has 0 aliphatic heterocycles. The summed E-state index contributed by atoms with van der Waals surface area (Å²) in [5.74, 6) is -2.51. The molecular weight excluding hydrogens is 208 g/mol. The minimum absolute atomic E-state index is 0.0278. The van der Waals surface area contributed by atoms with Crippen LogP contribution in [0.15, 0.2) is 12.2 Å². The highest BCUT2D eigenvalue weighted by molar-refractivity contribution is 5.89. The fourth-order valence-corrected chi connectivity index (χ4v) is 0.374. The maximum absolute atomic E-state index is 9.55. The Morgan fingerprint density at radius 3 is 1.47 bits per heavy atom. The monoisotopic (exact) mass is 222 g/mol. The third-order valence-corrected chi connectivity index (χ3v) is 0.840. The standard InChI is InChI=1S/C4H4O4.C4H10O3/c5-3(6)1-2-4(7)8;5-1-3-7-4-2-6/h1-2H,(H,5,6)(H,7,8);5-6H,1-4H2/b2-1-;. The van der Waals surface area contributed by atoms with Gasteiger partial charge in [0.15, 0.2) is 0 Å². The van der Waals surface area contributed by atoms with Crippen LogP contribution in [0.3, 0.4) is 0 Å². The lowest BCUT2D eigenvalue weighted by atomic mass is 10.5. The predicted octanol–water partition coefficient (Wildman–Crippen LogP) is -1.30. The highest BCUT2D eigenvalue weighted by atomic mass is 16.5. The molecule has 0 atom stereocenters. The van der Waals surface area contributed by atoms with Gasteiger partial charge < -0.3 is 25.2 Å². The molecule has 0 amide bonds. The molecule has 0 saturated heterocycles. The molecule has 0 rings (SSSR count). The molecule has 0 heterocycles. The van der Waals surface area contributed by atoms with E-state index in [0.29, 0.717) is 25.4 Å². The fraction of sp³-hybridized carbons (Fsp3) is 0.500. The van der Waals surface area contributed by atoms with Gasteiger partial charge in [-0.05, 0) is 0 Å². The number of hydrogen-bond acceptors (Lipinski definition) is 5. The molecule has 0 aromatic heterocycles. The van der Waals surface area contributed by atoms with Crippen molar-refractivity contribution in [3.05, 3.63) is 12.2 Å². The molecule has 0 radical (unpaired) electrons. The molecule has 0 aliphatic rings. The normalized spacial score (nSPS) is 9.47. The van der Waals surface area contributed by atoms with E-state index in [-0.39, 0.29) is 13.2 Å². The molecule has 0 fully saturated rings. The Labute approximate surface area is 86.2 Å². The summed E-state index contributed by atoms with van der Waals surface area (Å²) in [6.45, 7) is 0.696. The number of aliphatic hydroxyl groups is 2. The fourth-order valence-electron chi connectivity index (χ4n) is 0.374. The van der Waals surface area contributed by atoms with Crippen LogP contribution in [0.1, 0.15) is 0 Å². The quantitative estimate of drug-likeness (QED) is 0.325. The largest absolute Gasteiger partial charge is 0.478 e. The summed E-state index contributed by atoms with van der Waals surface area (Å²) >= 11 is 0. The van der Waals surface area contributed by atoms with E-state index in [4.69, 9.17) is 20.4 Å². The lowest BCUT2D eigenvalue weighted by Crippen LogP contribution is -2.03. The van der Waals surface area contributed by atoms with Gasteiger partial charge in [0, 0.05) is 12.2 Å². The number of carbonyl (C=O) groups is 2. The van der Waals surface area contributed by atoms with Gasteiger partial charge in [0.05, 0.1) is 26.4 Å². The maximum Gasteiger partial charge on any atom is 0.328 e. The number of carboxylic acids is 2. The molecule has 0 saturated carbocycles. The number of ether oxygens (including phenoxy) is 1. The summed E-state index contributed by atoms with van der Waals surface area (Å²) in [5, 5.41) is 31.8. The Morgan fingerprint density at radius 2 is 1.27 bits per heavy atom. The van der Waals surface area contributed by atoms with Crippen LogP contribution in [-0.2, 0) is 14.3 Å². The zero-order chi connectivity index (χ0) is 12.1. The molecule has 0 unspecified atom stereocenters. The van der Waals surface area contributed by atoms with Crippen LogP contribution in [0, 0.1) is 0 Å². The number of aliphatic hydroxyl groups excluding tert-OH is 2. The first kappa shape index (κ1) is 16.0. The van der Waals surface area contributed by atoms with Gasteiger partial charge in [-0.1, -0.05) is 0 Å². The molecule has 7 nitrogen and oxygen atoms in total. The average molecular weight is 222 g/mol.